The normalized spacial score (nSPS) is 16.4. The van der Waals surface area contributed by atoms with Gasteiger partial charge in [-0.3, -0.25) is 9.59 Å². The zero-order valence-corrected chi connectivity index (χ0v) is 16.4. The topological polar surface area (TPSA) is 67.9 Å². The number of methoxy groups -OCH3 is 1. The van der Waals surface area contributed by atoms with Crippen molar-refractivity contribution >= 4 is 11.8 Å². The first kappa shape index (κ1) is 20.6. The molecule has 1 heterocycles. The summed E-state index contributed by atoms with van der Waals surface area (Å²) in [5.74, 6) is 0.111. The standard InChI is InChI=1S/C22H25FN2O4/c1-28-18-6-4-5-16(13-18)14-25-15-17(9-10-21(25)26)22(27)24-11-12-29-20-8-3-2-7-19(20)23/h2-8,13,17H,9-12,14-15H2,1H3,(H,24,27)/t17-/m1/s1. The van der Waals surface area contributed by atoms with Crippen molar-refractivity contribution in [1.82, 2.24) is 10.2 Å². The molecule has 0 unspecified atom stereocenters. The number of nitrogens with zero attached hydrogens (tertiary/aromatic N) is 1. The molecule has 2 aromatic rings. The number of nitrogens with one attached hydrogen (secondary N) is 1. The lowest BCUT2D eigenvalue weighted by atomic mass is 9.96. The van der Waals surface area contributed by atoms with Crippen molar-refractivity contribution < 1.29 is 23.5 Å². The van der Waals surface area contributed by atoms with E-state index in [0.717, 1.165) is 11.3 Å². The number of para-hydroxylation sites is 1. The summed E-state index contributed by atoms with van der Waals surface area (Å²) >= 11 is 0. The second-order valence-corrected chi connectivity index (χ2v) is 6.93. The molecule has 1 saturated heterocycles. The van der Waals surface area contributed by atoms with Gasteiger partial charge in [-0.25, -0.2) is 4.39 Å². The average Bonchev–Trinajstić information content (AvgIpc) is 2.74. The Balaban J connectivity index is 1.48. The van der Waals surface area contributed by atoms with Crippen LogP contribution in [0.4, 0.5) is 4.39 Å². The largest absolute Gasteiger partial charge is 0.497 e. The van der Waals surface area contributed by atoms with Crippen molar-refractivity contribution in [3.63, 3.8) is 0 Å². The SMILES string of the molecule is COc1cccc(CN2C[C@H](C(=O)NCCOc3ccccc3F)CCC2=O)c1. The first-order valence-corrected chi connectivity index (χ1v) is 9.62. The van der Waals surface area contributed by atoms with Gasteiger partial charge in [-0.2, -0.15) is 0 Å². The van der Waals surface area contributed by atoms with Gasteiger partial charge >= 0.3 is 0 Å². The number of hydrogen-bond acceptors (Lipinski definition) is 4. The van der Waals surface area contributed by atoms with E-state index >= 15 is 0 Å². The number of piperidine rings is 1. The molecule has 3 rings (SSSR count). The lowest BCUT2D eigenvalue weighted by Gasteiger charge is -2.32. The molecule has 0 aromatic heterocycles. The Bertz CT molecular complexity index is 858. The fourth-order valence-electron chi connectivity index (χ4n) is 3.31. The van der Waals surface area contributed by atoms with E-state index in [9.17, 15) is 14.0 Å². The van der Waals surface area contributed by atoms with E-state index in [2.05, 4.69) is 5.32 Å². The average molecular weight is 400 g/mol. The Morgan fingerprint density at radius 1 is 1.24 bits per heavy atom. The second kappa shape index (κ2) is 9.91. The van der Waals surface area contributed by atoms with Crippen molar-refractivity contribution in [2.75, 3.05) is 26.8 Å². The van der Waals surface area contributed by atoms with E-state index in [-0.39, 0.29) is 36.6 Å². The third-order valence-corrected chi connectivity index (χ3v) is 4.87. The van der Waals surface area contributed by atoms with Gasteiger partial charge in [0.05, 0.1) is 19.6 Å². The van der Waals surface area contributed by atoms with Crippen LogP contribution in [0.1, 0.15) is 18.4 Å². The van der Waals surface area contributed by atoms with Crippen LogP contribution in [0.25, 0.3) is 0 Å². The molecule has 0 bridgehead atoms. The fraction of sp³-hybridized carbons (Fsp3) is 0.364. The fourth-order valence-corrected chi connectivity index (χ4v) is 3.31. The summed E-state index contributed by atoms with van der Waals surface area (Å²) in [5, 5.41) is 2.82. The summed E-state index contributed by atoms with van der Waals surface area (Å²) in [4.78, 5) is 26.5. The molecule has 0 radical (unpaired) electrons. The number of amides is 2. The molecule has 1 N–H and O–H groups in total. The minimum absolute atomic E-state index is 0.0414. The first-order valence-electron chi connectivity index (χ1n) is 9.62. The zero-order chi connectivity index (χ0) is 20.6. The van der Waals surface area contributed by atoms with Crippen LogP contribution >= 0.6 is 0 Å². The molecule has 0 saturated carbocycles. The molecular weight excluding hydrogens is 375 g/mol. The van der Waals surface area contributed by atoms with E-state index < -0.39 is 5.82 Å². The van der Waals surface area contributed by atoms with E-state index in [1.54, 1.807) is 30.2 Å². The van der Waals surface area contributed by atoms with Crippen molar-refractivity contribution in [3.05, 3.63) is 59.9 Å². The molecule has 6 nitrogen and oxygen atoms in total. The van der Waals surface area contributed by atoms with Crippen LogP contribution in [0.2, 0.25) is 0 Å². The molecule has 1 aliphatic rings. The van der Waals surface area contributed by atoms with Crippen molar-refractivity contribution in [2.45, 2.75) is 19.4 Å². The van der Waals surface area contributed by atoms with Gasteiger partial charge in [0, 0.05) is 19.5 Å². The van der Waals surface area contributed by atoms with Crippen LogP contribution in [0.5, 0.6) is 11.5 Å². The molecule has 2 amide bonds. The summed E-state index contributed by atoms with van der Waals surface area (Å²) < 4.78 is 24.1. The minimum atomic E-state index is -0.433. The molecule has 29 heavy (non-hydrogen) atoms. The molecule has 0 aliphatic carbocycles. The molecule has 2 aromatic carbocycles. The number of carbonyl (C=O) groups excluding carboxylic acids is 2. The molecular formula is C22H25FN2O4. The van der Waals surface area contributed by atoms with Gasteiger partial charge in [-0.1, -0.05) is 24.3 Å². The molecule has 1 aliphatic heterocycles. The zero-order valence-electron chi connectivity index (χ0n) is 16.4. The highest BCUT2D eigenvalue weighted by molar-refractivity contribution is 5.83. The predicted molar refractivity (Wildman–Crippen MR) is 106 cm³/mol. The van der Waals surface area contributed by atoms with Gasteiger partial charge < -0.3 is 19.7 Å². The van der Waals surface area contributed by atoms with Gasteiger partial charge in [0.1, 0.15) is 12.4 Å². The summed E-state index contributed by atoms with van der Waals surface area (Å²) in [6.45, 7) is 1.26. The van der Waals surface area contributed by atoms with Gasteiger partial charge in [-0.15, -0.1) is 0 Å². The molecule has 0 spiro atoms. The Morgan fingerprint density at radius 3 is 2.86 bits per heavy atom. The van der Waals surface area contributed by atoms with Crippen LogP contribution < -0.4 is 14.8 Å². The highest BCUT2D eigenvalue weighted by atomic mass is 19.1. The number of ether oxygens (including phenoxy) is 2. The molecule has 154 valence electrons. The predicted octanol–water partition coefficient (Wildman–Crippen LogP) is 2.77. The van der Waals surface area contributed by atoms with Crippen LogP contribution in [0, 0.1) is 11.7 Å². The monoisotopic (exact) mass is 400 g/mol. The summed E-state index contributed by atoms with van der Waals surface area (Å²) in [6.07, 6.45) is 0.862. The maximum Gasteiger partial charge on any atom is 0.225 e. The van der Waals surface area contributed by atoms with Gasteiger partial charge in [0.25, 0.3) is 0 Å². The first-order chi connectivity index (χ1) is 14.1. The Kier molecular flexibility index (Phi) is 7.05. The number of likely N-dealkylation sites (tertiary alicyclic amines) is 1. The Morgan fingerprint density at radius 2 is 2.07 bits per heavy atom. The van der Waals surface area contributed by atoms with Crippen molar-refractivity contribution in [2.24, 2.45) is 5.92 Å². The third kappa shape index (κ3) is 5.70. The molecule has 1 atom stereocenters. The van der Waals surface area contributed by atoms with E-state index in [1.165, 1.54) is 6.07 Å². The maximum absolute atomic E-state index is 13.5. The lowest BCUT2D eigenvalue weighted by molar-refractivity contribution is -0.138. The van der Waals surface area contributed by atoms with Crippen LogP contribution in [-0.2, 0) is 16.1 Å². The summed E-state index contributed by atoms with van der Waals surface area (Å²) in [7, 11) is 1.60. The van der Waals surface area contributed by atoms with Crippen molar-refractivity contribution in [3.8, 4) is 11.5 Å². The van der Waals surface area contributed by atoms with Crippen LogP contribution in [-0.4, -0.2) is 43.5 Å². The van der Waals surface area contributed by atoms with Gasteiger partial charge in [0.2, 0.25) is 11.8 Å². The lowest BCUT2D eigenvalue weighted by Crippen LogP contribution is -2.45. The Labute approximate surface area is 169 Å². The van der Waals surface area contributed by atoms with E-state index in [1.807, 2.05) is 24.3 Å². The molecule has 7 heteroatoms. The molecule has 1 fully saturated rings. The van der Waals surface area contributed by atoms with Gasteiger partial charge in [-0.05, 0) is 36.2 Å². The third-order valence-electron chi connectivity index (χ3n) is 4.87. The van der Waals surface area contributed by atoms with Crippen LogP contribution in [0.3, 0.4) is 0 Å². The number of rotatable bonds is 8. The summed E-state index contributed by atoms with van der Waals surface area (Å²) in [5.41, 5.74) is 0.956. The highest BCUT2D eigenvalue weighted by Gasteiger charge is 2.30. The Hall–Kier alpha value is -3.09. The number of carbonyl (C=O) groups is 2. The quantitative estimate of drug-likeness (QED) is 0.692. The minimum Gasteiger partial charge on any atom is -0.497 e. The number of hydrogen-bond donors (Lipinski definition) is 1. The number of halogens is 1. The summed E-state index contributed by atoms with van der Waals surface area (Å²) in [6, 6.07) is 13.7. The maximum atomic E-state index is 13.5. The number of benzene rings is 2. The highest BCUT2D eigenvalue weighted by Crippen LogP contribution is 2.22. The van der Waals surface area contributed by atoms with E-state index in [4.69, 9.17) is 9.47 Å². The van der Waals surface area contributed by atoms with Gasteiger partial charge in [0.15, 0.2) is 11.6 Å². The van der Waals surface area contributed by atoms with E-state index in [0.29, 0.717) is 25.9 Å². The second-order valence-electron chi connectivity index (χ2n) is 6.93. The van der Waals surface area contributed by atoms with Crippen molar-refractivity contribution in [1.29, 1.82) is 0 Å². The van der Waals surface area contributed by atoms with Crippen LogP contribution in [0.15, 0.2) is 48.5 Å². The smallest absolute Gasteiger partial charge is 0.225 e.